The zero-order chi connectivity index (χ0) is 13.8. The number of nitrogens with one attached hydrogen (secondary N) is 1. The molecule has 1 aromatic heterocycles. The average Bonchev–Trinajstić information content (AvgIpc) is 2.38. The molecule has 100 valence electrons. The van der Waals surface area contributed by atoms with Crippen molar-refractivity contribution in [2.24, 2.45) is 5.73 Å². The van der Waals surface area contributed by atoms with Gasteiger partial charge < -0.3 is 16.8 Å². The molecular weight excluding hydrogens is 236 g/mol. The van der Waals surface area contributed by atoms with E-state index in [0.717, 1.165) is 29.2 Å². The molecule has 2 aromatic rings. The van der Waals surface area contributed by atoms with Gasteiger partial charge in [-0.3, -0.25) is 4.98 Å². The zero-order valence-corrected chi connectivity index (χ0v) is 11.4. The van der Waals surface area contributed by atoms with Crippen LogP contribution in [0.5, 0.6) is 0 Å². The Kier molecular flexibility index (Phi) is 4.02. The van der Waals surface area contributed by atoms with Crippen LogP contribution in [0.25, 0.3) is 0 Å². The van der Waals surface area contributed by atoms with Crippen molar-refractivity contribution in [1.29, 1.82) is 0 Å². The fraction of sp³-hybridized carbons (Fsp3) is 0.267. The molecule has 0 fully saturated rings. The van der Waals surface area contributed by atoms with Crippen molar-refractivity contribution in [3.05, 3.63) is 47.3 Å². The van der Waals surface area contributed by atoms with Gasteiger partial charge in [0, 0.05) is 11.4 Å². The Morgan fingerprint density at radius 1 is 1.16 bits per heavy atom. The molecule has 0 amide bonds. The van der Waals surface area contributed by atoms with Crippen LogP contribution in [0.2, 0.25) is 0 Å². The van der Waals surface area contributed by atoms with E-state index >= 15 is 0 Å². The van der Waals surface area contributed by atoms with Crippen molar-refractivity contribution in [1.82, 2.24) is 4.98 Å². The van der Waals surface area contributed by atoms with Gasteiger partial charge in [-0.05, 0) is 50.6 Å². The SMILES string of the molecule is Cc1cc(Nc2ccc(CCN)cc2)c(N)c(C)n1. The Morgan fingerprint density at radius 2 is 1.84 bits per heavy atom. The Morgan fingerprint density at radius 3 is 2.47 bits per heavy atom. The molecule has 0 bridgehead atoms. The molecule has 19 heavy (non-hydrogen) atoms. The smallest absolute Gasteiger partial charge is 0.0769 e. The lowest BCUT2D eigenvalue weighted by Gasteiger charge is -2.12. The third-order valence-corrected chi connectivity index (χ3v) is 3.04. The van der Waals surface area contributed by atoms with Crippen molar-refractivity contribution in [3.63, 3.8) is 0 Å². The fourth-order valence-electron chi connectivity index (χ4n) is 2.02. The summed E-state index contributed by atoms with van der Waals surface area (Å²) >= 11 is 0. The molecule has 0 saturated carbocycles. The molecule has 1 heterocycles. The van der Waals surface area contributed by atoms with Gasteiger partial charge in [0.1, 0.15) is 0 Å². The molecule has 0 radical (unpaired) electrons. The summed E-state index contributed by atoms with van der Waals surface area (Å²) < 4.78 is 0. The Bertz CT molecular complexity index is 561. The third kappa shape index (κ3) is 3.23. The first-order valence-electron chi connectivity index (χ1n) is 6.40. The van der Waals surface area contributed by atoms with E-state index in [1.54, 1.807) is 0 Å². The minimum atomic E-state index is 0.669. The van der Waals surface area contributed by atoms with Crippen LogP contribution in [0.4, 0.5) is 17.1 Å². The van der Waals surface area contributed by atoms with E-state index in [9.17, 15) is 0 Å². The number of aromatic nitrogens is 1. The number of hydrogen-bond acceptors (Lipinski definition) is 4. The van der Waals surface area contributed by atoms with E-state index in [2.05, 4.69) is 22.4 Å². The molecule has 4 nitrogen and oxygen atoms in total. The molecule has 1 aromatic carbocycles. The normalized spacial score (nSPS) is 10.5. The fourth-order valence-corrected chi connectivity index (χ4v) is 2.02. The number of aryl methyl sites for hydroxylation is 2. The predicted octanol–water partition coefficient (Wildman–Crippen LogP) is 2.53. The lowest BCUT2D eigenvalue weighted by Crippen LogP contribution is -2.03. The monoisotopic (exact) mass is 256 g/mol. The molecule has 5 N–H and O–H groups in total. The molecule has 0 saturated heterocycles. The summed E-state index contributed by atoms with van der Waals surface area (Å²) in [5.74, 6) is 0. The molecule has 0 unspecified atom stereocenters. The van der Waals surface area contributed by atoms with Crippen LogP contribution in [0.1, 0.15) is 17.0 Å². The molecule has 0 aliphatic heterocycles. The van der Waals surface area contributed by atoms with Crippen LogP contribution in [0, 0.1) is 13.8 Å². The van der Waals surface area contributed by atoms with Gasteiger partial charge >= 0.3 is 0 Å². The van der Waals surface area contributed by atoms with Gasteiger partial charge in [0.05, 0.1) is 17.1 Å². The topological polar surface area (TPSA) is 77.0 Å². The summed E-state index contributed by atoms with van der Waals surface area (Å²) in [5.41, 5.74) is 17.2. The van der Waals surface area contributed by atoms with Gasteiger partial charge in [-0.1, -0.05) is 12.1 Å². The van der Waals surface area contributed by atoms with E-state index in [1.807, 2.05) is 32.0 Å². The lowest BCUT2D eigenvalue weighted by atomic mass is 10.1. The predicted molar refractivity (Wildman–Crippen MR) is 80.6 cm³/mol. The van der Waals surface area contributed by atoms with Crippen LogP contribution in [0.15, 0.2) is 30.3 Å². The summed E-state index contributed by atoms with van der Waals surface area (Å²) in [5, 5.41) is 3.33. The maximum atomic E-state index is 6.04. The number of rotatable bonds is 4. The van der Waals surface area contributed by atoms with E-state index < -0.39 is 0 Å². The Hall–Kier alpha value is -2.07. The quantitative estimate of drug-likeness (QED) is 0.785. The minimum absolute atomic E-state index is 0.669. The molecule has 2 rings (SSSR count). The van der Waals surface area contributed by atoms with E-state index in [0.29, 0.717) is 12.2 Å². The largest absolute Gasteiger partial charge is 0.396 e. The zero-order valence-electron chi connectivity index (χ0n) is 11.4. The van der Waals surface area contributed by atoms with E-state index in [-0.39, 0.29) is 0 Å². The first-order chi connectivity index (χ1) is 9.10. The number of nitrogens with two attached hydrogens (primary N) is 2. The maximum absolute atomic E-state index is 6.04. The highest BCUT2D eigenvalue weighted by Gasteiger charge is 2.05. The first-order valence-corrected chi connectivity index (χ1v) is 6.40. The van der Waals surface area contributed by atoms with Gasteiger partial charge in [0.25, 0.3) is 0 Å². The van der Waals surface area contributed by atoms with Crippen LogP contribution < -0.4 is 16.8 Å². The number of hydrogen-bond donors (Lipinski definition) is 3. The Balaban J connectivity index is 2.21. The van der Waals surface area contributed by atoms with Crippen molar-refractivity contribution in [2.75, 3.05) is 17.6 Å². The van der Waals surface area contributed by atoms with Gasteiger partial charge in [-0.25, -0.2) is 0 Å². The summed E-state index contributed by atoms with van der Waals surface area (Å²) in [6.07, 6.45) is 0.899. The molecule has 0 aliphatic carbocycles. The molecular formula is C15H20N4. The van der Waals surface area contributed by atoms with Crippen molar-refractivity contribution in [2.45, 2.75) is 20.3 Å². The number of anilines is 3. The lowest BCUT2D eigenvalue weighted by molar-refractivity contribution is 0.969. The van der Waals surface area contributed by atoms with Gasteiger partial charge in [0.2, 0.25) is 0 Å². The third-order valence-electron chi connectivity index (χ3n) is 3.04. The van der Waals surface area contributed by atoms with Crippen LogP contribution in [-0.4, -0.2) is 11.5 Å². The molecule has 4 heteroatoms. The van der Waals surface area contributed by atoms with Gasteiger partial charge in [-0.2, -0.15) is 0 Å². The van der Waals surface area contributed by atoms with E-state index in [1.165, 1.54) is 5.56 Å². The van der Waals surface area contributed by atoms with Gasteiger partial charge in [0.15, 0.2) is 0 Å². The van der Waals surface area contributed by atoms with Gasteiger partial charge in [-0.15, -0.1) is 0 Å². The van der Waals surface area contributed by atoms with Crippen molar-refractivity contribution < 1.29 is 0 Å². The highest BCUT2D eigenvalue weighted by Crippen LogP contribution is 2.26. The van der Waals surface area contributed by atoms with Crippen LogP contribution >= 0.6 is 0 Å². The second-order valence-electron chi connectivity index (χ2n) is 4.67. The van der Waals surface area contributed by atoms with Crippen molar-refractivity contribution in [3.8, 4) is 0 Å². The minimum Gasteiger partial charge on any atom is -0.396 e. The molecule has 0 spiro atoms. The number of nitrogens with zero attached hydrogens (tertiary/aromatic N) is 1. The summed E-state index contributed by atoms with van der Waals surface area (Å²) in [4.78, 5) is 4.33. The Labute approximate surface area is 113 Å². The molecule has 0 atom stereocenters. The average molecular weight is 256 g/mol. The summed E-state index contributed by atoms with van der Waals surface area (Å²) in [6, 6.07) is 10.2. The maximum Gasteiger partial charge on any atom is 0.0769 e. The van der Waals surface area contributed by atoms with E-state index in [4.69, 9.17) is 11.5 Å². The van der Waals surface area contributed by atoms with Crippen LogP contribution in [0.3, 0.4) is 0 Å². The highest BCUT2D eigenvalue weighted by atomic mass is 14.9. The number of benzene rings is 1. The summed E-state index contributed by atoms with van der Waals surface area (Å²) in [6.45, 7) is 4.54. The molecule has 0 aliphatic rings. The second-order valence-corrected chi connectivity index (χ2v) is 4.67. The number of pyridine rings is 1. The summed E-state index contributed by atoms with van der Waals surface area (Å²) in [7, 11) is 0. The number of nitrogen functional groups attached to an aromatic ring is 1. The van der Waals surface area contributed by atoms with Crippen LogP contribution in [-0.2, 0) is 6.42 Å². The second kappa shape index (κ2) is 5.71. The first kappa shape index (κ1) is 13.4. The standard InChI is InChI=1S/C15H20N4/c1-10-9-14(15(17)11(2)18-10)19-13-5-3-12(4-6-13)7-8-16/h3-6,9H,7-8,16-17H2,1-2H3,(H,18,19). The highest BCUT2D eigenvalue weighted by molar-refractivity contribution is 5.74. The van der Waals surface area contributed by atoms with Crippen molar-refractivity contribution >= 4 is 17.1 Å².